The maximum Gasteiger partial charge on any atom is 0.330 e. The number of aliphatic imine (C=N–C) groups is 1. The molecule has 0 radical (unpaired) electrons. The Morgan fingerprint density at radius 1 is 1.19 bits per heavy atom. The summed E-state index contributed by atoms with van der Waals surface area (Å²) >= 11 is 0. The summed E-state index contributed by atoms with van der Waals surface area (Å²) in [5, 5.41) is 9.87. The van der Waals surface area contributed by atoms with Crippen molar-refractivity contribution in [3.8, 4) is 5.88 Å². The van der Waals surface area contributed by atoms with Gasteiger partial charge in [-0.3, -0.25) is 19.3 Å². The summed E-state index contributed by atoms with van der Waals surface area (Å²) in [6, 6.07) is 5.82. The number of hydrogen-bond acceptors (Lipinski definition) is 6. The number of nitrogens with one attached hydrogen (secondary N) is 1. The zero-order valence-corrected chi connectivity index (χ0v) is 15.4. The minimum Gasteiger partial charge on any atom is -0.494 e. The molecule has 0 aliphatic rings. The standard InChI is InChI=1S/C16H20N4O5S/c1-4-20(5-2)26(24,25)12-8-6-11(7-9-12)17-10-13-14(21)18-16(23)19(3)15(13)22/h6-10,22H,4-5H2,1-3H3,(H,18,21,23). The quantitative estimate of drug-likeness (QED) is 0.709. The Hall–Kier alpha value is -2.72. The molecular formula is C16H20N4O5S. The number of aromatic nitrogens is 2. The first-order valence-corrected chi connectivity index (χ1v) is 9.32. The lowest BCUT2D eigenvalue weighted by atomic mass is 10.3. The Kier molecular flexibility index (Phi) is 5.78. The first-order valence-electron chi connectivity index (χ1n) is 7.88. The highest BCUT2D eigenvalue weighted by molar-refractivity contribution is 7.89. The molecule has 2 aromatic rings. The van der Waals surface area contributed by atoms with Gasteiger partial charge >= 0.3 is 5.69 Å². The minimum absolute atomic E-state index is 0.142. The number of hydrogen-bond donors (Lipinski definition) is 2. The summed E-state index contributed by atoms with van der Waals surface area (Å²) in [5.41, 5.74) is -1.30. The van der Waals surface area contributed by atoms with Crippen molar-refractivity contribution in [1.82, 2.24) is 13.9 Å². The van der Waals surface area contributed by atoms with Crippen LogP contribution in [0.25, 0.3) is 0 Å². The maximum atomic E-state index is 12.4. The molecule has 9 nitrogen and oxygen atoms in total. The maximum absolute atomic E-state index is 12.4. The molecule has 0 aliphatic carbocycles. The van der Waals surface area contributed by atoms with Crippen LogP contribution in [0.3, 0.4) is 0 Å². The Labute approximate surface area is 150 Å². The van der Waals surface area contributed by atoms with Crippen molar-refractivity contribution in [2.45, 2.75) is 18.7 Å². The van der Waals surface area contributed by atoms with E-state index in [0.29, 0.717) is 18.8 Å². The van der Waals surface area contributed by atoms with Gasteiger partial charge in [0, 0.05) is 26.4 Å². The van der Waals surface area contributed by atoms with Gasteiger partial charge in [-0.05, 0) is 24.3 Å². The summed E-state index contributed by atoms with van der Waals surface area (Å²) in [4.78, 5) is 29.4. The molecule has 0 unspecified atom stereocenters. The lowest BCUT2D eigenvalue weighted by molar-refractivity contribution is 0.417. The van der Waals surface area contributed by atoms with Crippen molar-refractivity contribution in [1.29, 1.82) is 0 Å². The highest BCUT2D eigenvalue weighted by atomic mass is 32.2. The highest BCUT2D eigenvalue weighted by Crippen LogP contribution is 2.20. The molecule has 10 heteroatoms. The van der Waals surface area contributed by atoms with E-state index in [1.54, 1.807) is 13.8 Å². The van der Waals surface area contributed by atoms with Crippen LogP contribution >= 0.6 is 0 Å². The summed E-state index contributed by atoms with van der Waals surface area (Å²) in [6.07, 6.45) is 1.11. The molecule has 1 heterocycles. The number of sulfonamides is 1. The van der Waals surface area contributed by atoms with E-state index in [1.807, 2.05) is 0 Å². The Morgan fingerprint density at radius 2 is 1.77 bits per heavy atom. The summed E-state index contributed by atoms with van der Waals surface area (Å²) in [7, 11) is -2.26. The number of benzene rings is 1. The Morgan fingerprint density at radius 3 is 2.31 bits per heavy atom. The smallest absolute Gasteiger partial charge is 0.330 e. The number of nitrogens with zero attached hydrogens (tertiary/aromatic N) is 3. The van der Waals surface area contributed by atoms with E-state index in [0.717, 1.165) is 10.8 Å². The van der Waals surface area contributed by atoms with Crippen LogP contribution in [-0.2, 0) is 17.1 Å². The first kappa shape index (κ1) is 19.6. The van der Waals surface area contributed by atoms with Crippen LogP contribution in [0.5, 0.6) is 5.88 Å². The largest absolute Gasteiger partial charge is 0.494 e. The molecule has 1 aromatic carbocycles. The van der Waals surface area contributed by atoms with E-state index in [1.165, 1.54) is 35.6 Å². The average molecular weight is 380 g/mol. The van der Waals surface area contributed by atoms with E-state index < -0.39 is 27.2 Å². The van der Waals surface area contributed by atoms with Gasteiger partial charge in [-0.2, -0.15) is 4.31 Å². The zero-order chi connectivity index (χ0) is 19.5. The van der Waals surface area contributed by atoms with Crippen molar-refractivity contribution < 1.29 is 13.5 Å². The van der Waals surface area contributed by atoms with Crippen molar-refractivity contribution in [2.75, 3.05) is 13.1 Å². The predicted molar refractivity (Wildman–Crippen MR) is 97.8 cm³/mol. The van der Waals surface area contributed by atoms with Crippen LogP contribution in [0, 0.1) is 0 Å². The van der Waals surface area contributed by atoms with E-state index in [4.69, 9.17) is 0 Å². The molecule has 2 N–H and O–H groups in total. The van der Waals surface area contributed by atoms with E-state index in [9.17, 15) is 23.1 Å². The molecule has 0 fully saturated rings. The molecule has 26 heavy (non-hydrogen) atoms. The third kappa shape index (κ3) is 3.75. The fourth-order valence-electron chi connectivity index (χ4n) is 2.30. The molecule has 1 aromatic heterocycles. The predicted octanol–water partition coefficient (Wildman–Crippen LogP) is 0.560. The fraction of sp³-hybridized carbons (Fsp3) is 0.312. The molecule has 0 aliphatic heterocycles. The van der Waals surface area contributed by atoms with Crippen molar-refractivity contribution in [3.05, 3.63) is 50.7 Å². The van der Waals surface area contributed by atoms with Gasteiger partial charge in [0.05, 0.1) is 10.6 Å². The van der Waals surface area contributed by atoms with E-state index in [2.05, 4.69) is 9.98 Å². The molecule has 0 saturated heterocycles. The number of aromatic hydroxyl groups is 1. The SMILES string of the molecule is CCN(CC)S(=O)(=O)c1ccc(N=Cc2c(O)n(C)c(=O)[nH]c2=O)cc1. The van der Waals surface area contributed by atoms with Crippen molar-refractivity contribution in [3.63, 3.8) is 0 Å². The molecule has 0 amide bonds. The molecule has 2 rings (SSSR count). The molecule has 0 atom stereocenters. The van der Waals surface area contributed by atoms with Crippen molar-refractivity contribution in [2.24, 2.45) is 12.0 Å². The number of aromatic amines is 1. The third-order valence-corrected chi connectivity index (χ3v) is 5.92. The van der Waals surface area contributed by atoms with Gasteiger partial charge in [0.2, 0.25) is 15.9 Å². The second kappa shape index (κ2) is 7.67. The topological polar surface area (TPSA) is 125 Å². The van der Waals surface area contributed by atoms with Gasteiger partial charge in [-0.25, -0.2) is 13.2 Å². The number of rotatable bonds is 6. The Bertz CT molecular complexity index is 1030. The summed E-state index contributed by atoms with van der Waals surface area (Å²) in [5.74, 6) is -0.511. The van der Waals surface area contributed by atoms with E-state index >= 15 is 0 Å². The summed E-state index contributed by atoms with van der Waals surface area (Å²) in [6.45, 7) is 4.26. The van der Waals surface area contributed by atoms with Crippen LogP contribution in [-0.4, -0.2) is 46.7 Å². The monoisotopic (exact) mass is 380 g/mol. The molecular weight excluding hydrogens is 360 g/mol. The fourth-order valence-corrected chi connectivity index (χ4v) is 3.76. The molecule has 0 bridgehead atoms. The highest BCUT2D eigenvalue weighted by Gasteiger charge is 2.21. The Balaban J connectivity index is 2.34. The molecule has 0 saturated carbocycles. The van der Waals surface area contributed by atoms with Gasteiger partial charge in [-0.1, -0.05) is 13.8 Å². The van der Waals surface area contributed by atoms with Gasteiger partial charge in [0.1, 0.15) is 5.56 Å². The third-order valence-electron chi connectivity index (χ3n) is 3.85. The summed E-state index contributed by atoms with van der Waals surface area (Å²) < 4.78 is 27.1. The van der Waals surface area contributed by atoms with Gasteiger partial charge < -0.3 is 5.11 Å². The second-order valence-electron chi connectivity index (χ2n) is 5.40. The van der Waals surface area contributed by atoms with Crippen LogP contribution in [0.2, 0.25) is 0 Å². The lowest BCUT2D eigenvalue weighted by Gasteiger charge is -2.18. The van der Waals surface area contributed by atoms with Gasteiger partial charge in [0.25, 0.3) is 5.56 Å². The zero-order valence-electron chi connectivity index (χ0n) is 14.6. The normalized spacial score (nSPS) is 12.2. The molecule has 140 valence electrons. The number of H-pyrrole nitrogens is 1. The van der Waals surface area contributed by atoms with E-state index in [-0.39, 0.29) is 10.5 Å². The lowest BCUT2D eigenvalue weighted by Crippen LogP contribution is -2.30. The van der Waals surface area contributed by atoms with Crippen LogP contribution < -0.4 is 11.2 Å². The van der Waals surface area contributed by atoms with Gasteiger partial charge in [0.15, 0.2) is 0 Å². The van der Waals surface area contributed by atoms with Crippen molar-refractivity contribution >= 4 is 21.9 Å². The van der Waals surface area contributed by atoms with Gasteiger partial charge in [-0.15, -0.1) is 0 Å². The second-order valence-corrected chi connectivity index (χ2v) is 7.33. The van der Waals surface area contributed by atoms with Crippen LogP contribution in [0.4, 0.5) is 5.69 Å². The average Bonchev–Trinajstić information content (AvgIpc) is 2.61. The van der Waals surface area contributed by atoms with Crippen LogP contribution in [0.15, 0.2) is 43.7 Å². The first-order chi connectivity index (χ1) is 12.2. The van der Waals surface area contributed by atoms with Crippen LogP contribution in [0.1, 0.15) is 19.4 Å². The molecule has 0 spiro atoms. The minimum atomic E-state index is -3.56.